The SMILES string of the molecule is O=C(N/N=C\c1ccc(O)c(O)c1)c1ccccc1OCc1ccccc1. The monoisotopic (exact) mass is 362 g/mol. The lowest BCUT2D eigenvalue weighted by molar-refractivity contribution is 0.0950. The zero-order valence-electron chi connectivity index (χ0n) is 14.4. The summed E-state index contributed by atoms with van der Waals surface area (Å²) in [5.74, 6) is -0.445. The number of phenolic OH excluding ortho intramolecular Hbond substituents is 2. The third kappa shape index (κ3) is 4.85. The Hall–Kier alpha value is -3.80. The number of benzene rings is 3. The van der Waals surface area contributed by atoms with E-state index in [-0.39, 0.29) is 11.5 Å². The highest BCUT2D eigenvalue weighted by molar-refractivity contribution is 5.97. The standard InChI is InChI=1S/C21H18N2O4/c24-18-11-10-16(12-19(18)25)13-22-23-21(26)17-8-4-5-9-20(17)27-14-15-6-2-1-3-7-15/h1-13,24-25H,14H2,(H,23,26)/b22-13-. The van der Waals surface area contributed by atoms with Gasteiger partial charge < -0.3 is 14.9 Å². The maximum atomic E-state index is 12.4. The lowest BCUT2D eigenvalue weighted by Gasteiger charge is -2.10. The molecule has 6 heteroatoms. The molecule has 0 aromatic heterocycles. The molecule has 0 heterocycles. The molecule has 0 saturated carbocycles. The van der Waals surface area contributed by atoms with Gasteiger partial charge in [-0.2, -0.15) is 5.10 Å². The molecule has 3 N–H and O–H groups in total. The topological polar surface area (TPSA) is 91.2 Å². The molecule has 0 fully saturated rings. The summed E-state index contributed by atoms with van der Waals surface area (Å²) < 4.78 is 5.76. The van der Waals surface area contributed by atoms with Crippen molar-refractivity contribution in [2.24, 2.45) is 5.10 Å². The van der Waals surface area contributed by atoms with Gasteiger partial charge in [-0.25, -0.2) is 5.43 Å². The summed E-state index contributed by atoms with van der Waals surface area (Å²) in [6, 6.07) is 20.8. The Balaban J connectivity index is 1.65. The Morgan fingerprint density at radius 1 is 0.963 bits per heavy atom. The summed E-state index contributed by atoms with van der Waals surface area (Å²) >= 11 is 0. The molecule has 0 saturated heterocycles. The van der Waals surface area contributed by atoms with Crippen molar-refractivity contribution in [3.63, 3.8) is 0 Å². The van der Waals surface area contributed by atoms with E-state index in [0.717, 1.165) is 5.56 Å². The Morgan fingerprint density at radius 3 is 2.48 bits per heavy atom. The van der Waals surface area contributed by atoms with E-state index in [1.54, 1.807) is 30.3 Å². The smallest absolute Gasteiger partial charge is 0.275 e. The second-order valence-electron chi connectivity index (χ2n) is 5.72. The van der Waals surface area contributed by atoms with Crippen molar-refractivity contribution in [3.8, 4) is 17.2 Å². The first-order valence-corrected chi connectivity index (χ1v) is 8.24. The lowest BCUT2D eigenvalue weighted by Crippen LogP contribution is -2.18. The average molecular weight is 362 g/mol. The minimum absolute atomic E-state index is 0.222. The first-order valence-electron chi connectivity index (χ1n) is 8.24. The minimum atomic E-state index is -0.419. The Kier molecular flexibility index (Phi) is 5.69. The van der Waals surface area contributed by atoms with E-state index in [0.29, 0.717) is 23.5 Å². The highest BCUT2D eigenvalue weighted by atomic mass is 16.5. The van der Waals surface area contributed by atoms with Crippen LogP contribution in [0.1, 0.15) is 21.5 Å². The molecule has 3 aromatic rings. The number of carbonyl (C=O) groups is 1. The van der Waals surface area contributed by atoms with Crippen LogP contribution in [0.3, 0.4) is 0 Å². The van der Waals surface area contributed by atoms with E-state index in [9.17, 15) is 15.0 Å². The van der Waals surface area contributed by atoms with Crippen molar-refractivity contribution in [3.05, 3.63) is 89.5 Å². The molecule has 0 aliphatic carbocycles. The van der Waals surface area contributed by atoms with E-state index in [1.165, 1.54) is 18.3 Å². The molecule has 136 valence electrons. The molecule has 27 heavy (non-hydrogen) atoms. The number of phenols is 2. The predicted octanol–water partition coefficient (Wildman–Crippen LogP) is 3.44. The van der Waals surface area contributed by atoms with Crippen LogP contribution < -0.4 is 10.2 Å². The van der Waals surface area contributed by atoms with Gasteiger partial charge in [-0.1, -0.05) is 42.5 Å². The van der Waals surface area contributed by atoms with Crippen molar-refractivity contribution < 1.29 is 19.7 Å². The quantitative estimate of drug-likeness (QED) is 0.356. The van der Waals surface area contributed by atoms with E-state index in [1.807, 2.05) is 30.3 Å². The van der Waals surface area contributed by atoms with Gasteiger partial charge in [0, 0.05) is 0 Å². The third-order valence-electron chi connectivity index (χ3n) is 3.75. The van der Waals surface area contributed by atoms with Crippen LogP contribution in [-0.4, -0.2) is 22.3 Å². The van der Waals surface area contributed by atoms with E-state index < -0.39 is 5.91 Å². The summed E-state index contributed by atoms with van der Waals surface area (Å²) in [6.07, 6.45) is 1.37. The van der Waals surface area contributed by atoms with Gasteiger partial charge in [0.25, 0.3) is 5.91 Å². The summed E-state index contributed by atoms with van der Waals surface area (Å²) in [5.41, 5.74) is 4.31. The molecule has 3 rings (SSSR count). The molecular weight excluding hydrogens is 344 g/mol. The first-order chi connectivity index (χ1) is 13.1. The van der Waals surface area contributed by atoms with Gasteiger partial charge >= 0.3 is 0 Å². The molecule has 0 spiro atoms. The normalized spacial score (nSPS) is 10.7. The summed E-state index contributed by atoms with van der Waals surface area (Å²) in [5, 5.41) is 22.6. The Labute approximate surface area is 156 Å². The van der Waals surface area contributed by atoms with Gasteiger partial charge in [0.15, 0.2) is 11.5 Å². The largest absolute Gasteiger partial charge is 0.504 e. The predicted molar refractivity (Wildman–Crippen MR) is 102 cm³/mol. The Bertz CT molecular complexity index is 955. The number of nitrogens with zero attached hydrogens (tertiary/aromatic N) is 1. The summed E-state index contributed by atoms with van der Waals surface area (Å²) in [4.78, 5) is 12.4. The zero-order valence-corrected chi connectivity index (χ0v) is 14.4. The maximum Gasteiger partial charge on any atom is 0.275 e. The van der Waals surface area contributed by atoms with Crippen LogP contribution in [0, 0.1) is 0 Å². The number of nitrogens with one attached hydrogen (secondary N) is 1. The number of ether oxygens (including phenoxy) is 1. The van der Waals surface area contributed by atoms with Gasteiger partial charge in [0.05, 0.1) is 11.8 Å². The second-order valence-corrected chi connectivity index (χ2v) is 5.72. The van der Waals surface area contributed by atoms with Crippen LogP contribution in [0.4, 0.5) is 0 Å². The van der Waals surface area contributed by atoms with Crippen molar-refractivity contribution in [2.75, 3.05) is 0 Å². The average Bonchev–Trinajstić information content (AvgIpc) is 2.70. The zero-order chi connectivity index (χ0) is 19.1. The molecule has 0 radical (unpaired) electrons. The van der Waals surface area contributed by atoms with Crippen LogP contribution in [0.2, 0.25) is 0 Å². The van der Waals surface area contributed by atoms with Gasteiger partial charge in [-0.3, -0.25) is 4.79 Å². The van der Waals surface area contributed by atoms with Crippen LogP contribution >= 0.6 is 0 Å². The third-order valence-corrected chi connectivity index (χ3v) is 3.75. The number of hydrazone groups is 1. The second kappa shape index (κ2) is 8.53. The number of para-hydroxylation sites is 1. The first kappa shape index (κ1) is 18.0. The minimum Gasteiger partial charge on any atom is -0.504 e. The van der Waals surface area contributed by atoms with Gasteiger partial charge in [-0.05, 0) is 41.5 Å². The Morgan fingerprint density at radius 2 is 1.70 bits per heavy atom. The van der Waals surface area contributed by atoms with Crippen LogP contribution in [0.5, 0.6) is 17.2 Å². The molecule has 1 amide bonds. The highest BCUT2D eigenvalue weighted by Gasteiger charge is 2.11. The van der Waals surface area contributed by atoms with Crippen LogP contribution in [-0.2, 0) is 6.61 Å². The number of amides is 1. The van der Waals surface area contributed by atoms with E-state index in [4.69, 9.17) is 4.74 Å². The summed E-state index contributed by atoms with van der Waals surface area (Å²) in [6.45, 7) is 0.348. The van der Waals surface area contributed by atoms with Crippen molar-refractivity contribution in [2.45, 2.75) is 6.61 Å². The fourth-order valence-corrected chi connectivity index (χ4v) is 2.36. The molecule has 0 atom stereocenters. The van der Waals surface area contributed by atoms with E-state index in [2.05, 4.69) is 10.5 Å². The van der Waals surface area contributed by atoms with Crippen molar-refractivity contribution in [1.29, 1.82) is 0 Å². The number of carbonyl (C=O) groups excluding carboxylic acids is 1. The lowest BCUT2D eigenvalue weighted by atomic mass is 10.2. The maximum absolute atomic E-state index is 12.4. The van der Waals surface area contributed by atoms with Crippen molar-refractivity contribution >= 4 is 12.1 Å². The molecule has 0 aliphatic rings. The molecule has 0 aliphatic heterocycles. The van der Waals surface area contributed by atoms with Gasteiger partial charge in [0.2, 0.25) is 0 Å². The number of hydrogen-bond donors (Lipinski definition) is 3. The number of aromatic hydroxyl groups is 2. The highest BCUT2D eigenvalue weighted by Crippen LogP contribution is 2.24. The molecule has 0 bridgehead atoms. The van der Waals surface area contributed by atoms with Gasteiger partial charge in [0.1, 0.15) is 12.4 Å². The van der Waals surface area contributed by atoms with Crippen LogP contribution in [0.25, 0.3) is 0 Å². The van der Waals surface area contributed by atoms with Gasteiger partial charge in [-0.15, -0.1) is 0 Å². The van der Waals surface area contributed by atoms with E-state index >= 15 is 0 Å². The molecule has 6 nitrogen and oxygen atoms in total. The summed E-state index contributed by atoms with van der Waals surface area (Å²) in [7, 11) is 0. The fourth-order valence-electron chi connectivity index (χ4n) is 2.36. The number of hydrogen-bond acceptors (Lipinski definition) is 5. The van der Waals surface area contributed by atoms with Crippen molar-refractivity contribution in [1.82, 2.24) is 5.43 Å². The molecule has 3 aromatic carbocycles. The molecular formula is C21H18N2O4. The number of rotatable bonds is 6. The molecule has 0 unspecified atom stereocenters. The fraction of sp³-hybridized carbons (Fsp3) is 0.0476. The van der Waals surface area contributed by atoms with Crippen LogP contribution in [0.15, 0.2) is 77.9 Å².